The standard InChI is InChI=1S/C63H130N/c1-8-14-20-26-32-38-44-50-56-62(57-51-45-39-33-27-21-15-9-2)64(7,61-55-49-43-37-31-25-19-13-6)63(58-52-46-40-34-28-22-16-10-3,59-53-47-41-35-29-23-17-11-4)60-54-48-42-36-30-24-18-12-5/h62H,8-61H2,1-7H3/q+1. The van der Waals surface area contributed by atoms with Gasteiger partial charge in [0.1, 0.15) is 0 Å². The van der Waals surface area contributed by atoms with Crippen LogP contribution in [0.15, 0.2) is 0 Å². The zero-order valence-electron chi connectivity index (χ0n) is 46.7. The van der Waals surface area contributed by atoms with Crippen LogP contribution in [0, 0.1) is 0 Å². The molecule has 386 valence electrons. The van der Waals surface area contributed by atoms with Crippen LogP contribution in [0.5, 0.6) is 0 Å². The Labute approximate surface area is 409 Å². The van der Waals surface area contributed by atoms with Crippen LogP contribution in [0.4, 0.5) is 0 Å². The smallest absolute Gasteiger partial charge is 0.0992 e. The van der Waals surface area contributed by atoms with Crippen LogP contribution >= 0.6 is 0 Å². The molecule has 0 fully saturated rings. The van der Waals surface area contributed by atoms with Crippen molar-refractivity contribution >= 4 is 0 Å². The minimum absolute atomic E-state index is 0.471. The molecule has 64 heavy (non-hydrogen) atoms. The summed E-state index contributed by atoms with van der Waals surface area (Å²) < 4.78 is 1.46. The third-order valence-corrected chi connectivity index (χ3v) is 16.6. The Balaban J connectivity index is 6.75. The van der Waals surface area contributed by atoms with Crippen LogP contribution in [0.3, 0.4) is 0 Å². The first-order valence-electron chi connectivity index (χ1n) is 31.4. The summed E-state index contributed by atoms with van der Waals surface area (Å²) >= 11 is 0. The summed E-state index contributed by atoms with van der Waals surface area (Å²) in [4.78, 5) is 0. The first kappa shape index (κ1) is 64.0. The van der Waals surface area contributed by atoms with Crippen molar-refractivity contribution in [2.75, 3.05) is 13.6 Å². The molecule has 0 radical (unpaired) electrons. The zero-order valence-corrected chi connectivity index (χ0v) is 46.7. The van der Waals surface area contributed by atoms with Gasteiger partial charge >= 0.3 is 0 Å². The van der Waals surface area contributed by atoms with E-state index in [1.54, 1.807) is 0 Å². The molecule has 0 bridgehead atoms. The fourth-order valence-electron chi connectivity index (χ4n) is 12.0. The highest BCUT2D eigenvalue weighted by Gasteiger charge is 2.50. The van der Waals surface area contributed by atoms with Gasteiger partial charge < -0.3 is 4.48 Å². The van der Waals surface area contributed by atoms with Crippen molar-refractivity contribution in [3.05, 3.63) is 0 Å². The lowest BCUT2D eigenvalue weighted by molar-refractivity contribution is -0.983. The summed E-state index contributed by atoms with van der Waals surface area (Å²) in [7, 11) is 2.95. The Kier molecular flexibility index (Phi) is 50.8. The fraction of sp³-hybridized carbons (Fsp3) is 1.00. The molecule has 0 saturated heterocycles. The van der Waals surface area contributed by atoms with Crippen LogP contribution in [0.2, 0.25) is 0 Å². The molecule has 1 unspecified atom stereocenters. The van der Waals surface area contributed by atoms with Crippen molar-refractivity contribution < 1.29 is 4.48 Å². The lowest BCUT2D eigenvalue weighted by Gasteiger charge is -2.57. The van der Waals surface area contributed by atoms with Gasteiger partial charge in [0.05, 0.1) is 25.2 Å². The molecular formula is C63H130N+. The van der Waals surface area contributed by atoms with Crippen molar-refractivity contribution in [3.63, 3.8) is 0 Å². The SMILES string of the molecule is CCCCCCCCCCC(CCCCCCCCCC)[N+](C)(CCCCCCCCCC)C(CCCCCCCCCC)(CCCCCCCCCC)CCCCCCCCCC. The number of rotatable bonds is 56. The molecule has 0 N–H and O–H groups in total. The van der Waals surface area contributed by atoms with E-state index in [1.165, 1.54) is 351 Å². The third-order valence-electron chi connectivity index (χ3n) is 16.6. The molecule has 1 nitrogen and oxygen atoms in total. The summed E-state index contributed by atoms with van der Waals surface area (Å²) in [5.74, 6) is 0. The zero-order chi connectivity index (χ0) is 46.8. The Morgan fingerprint density at radius 2 is 0.422 bits per heavy atom. The van der Waals surface area contributed by atoms with E-state index in [2.05, 4.69) is 48.6 Å². The second kappa shape index (κ2) is 50.8. The van der Waals surface area contributed by atoms with E-state index >= 15 is 0 Å². The van der Waals surface area contributed by atoms with E-state index in [-0.39, 0.29) is 0 Å². The molecule has 0 aliphatic rings. The monoisotopic (exact) mass is 901 g/mol. The van der Waals surface area contributed by atoms with E-state index in [4.69, 9.17) is 0 Å². The molecule has 1 heteroatoms. The number of unbranched alkanes of at least 4 members (excludes halogenated alkanes) is 42. The van der Waals surface area contributed by atoms with Crippen molar-refractivity contribution in [1.82, 2.24) is 0 Å². The van der Waals surface area contributed by atoms with Crippen molar-refractivity contribution in [2.45, 2.75) is 393 Å². The summed E-state index contributed by atoms with van der Waals surface area (Å²) in [5.41, 5.74) is 0.471. The topological polar surface area (TPSA) is 0 Å². The average molecular weight is 902 g/mol. The van der Waals surface area contributed by atoms with Gasteiger partial charge in [-0.15, -0.1) is 0 Å². The Morgan fingerprint density at radius 3 is 0.656 bits per heavy atom. The maximum absolute atomic E-state index is 2.95. The molecule has 0 aliphatic carbocycles. The van der Waals surface area contributed by atoms with Gasteiger partial charge in [-0.3, -0.25) is 0 Å². The van der Waals surface area contributed by atoms with Crippen molar-refractivity contribution in [2.24, 2.45) is 0 Å². The highest BCUT2D eigenvalue weighted by molar-refractivity contribution is 4.86. The predicted octanol–water partition coefficient (Wildman–Crippen LogP) is 23.3. The number of nitrogens with zero attached hydrogens (tertiary/aromatic N) is 1. The van der Waals surface area contributed by atoms with Gasteiger partial charge in [0, 0.05) is 19.3 Å². The molecule has 0 aromatic rings. The Bertz CT molecular complexity index is 778. The summed E-state index contributed by atoms with van der Waals surface area (Å²) in [6.07, 6.45) is 77.6. The number of hydrogen-bond acceptors (Lipinski definition) is 0. The molecule has 0 aliphatic heterocycles. The Hall–Kier alpha value is -0.0400. The second-order valence-electron chi connectivity index (χ2n) is 22.5. The number of hydrogen-bond donors (Lipinski definition) is 0. The highest BCUT2D eigenvalue weighted by Crippen LogP contribution is 2.44. The van der Waals surface area contributed by atoms with Crippen LogP contribution < -0.4 is 0 Å². The molecule has 0 rings (SSSR count). The van der Waals surface area contributed by atoms with Gasteiger partial charge in [0.25, 0.3) is 0 Å². The summed E-state index contributed by atoms with van der Waals surface area (Å²) in [6.45, 7) is 15.7. The molecule has 0 amide bonds. The summed E-state index contributed by atoms with van der Waals surface area (Å²) in [6, 6.07) is 0.863. The molecule has 0 spiro atoms. The normalized spacial score (nSPS) is 13.1. The van der Waals surface area contributed by atoms with E-state index in [0.717, 1.165) is 6.04 Å². The van der Waals surface area contributed by atoms with Gasteiger partial charge in [0.15, 0.2) is 0 Å². The molecule has 1 atom stereocenters. The summed E-state index contributed by atoms with van der Waals surface area (Å²) in [5, 5.41) is 0. The van der Waals surface area contributed by atoms with Crippen molar-refractivity contribution in [1.29, 1.82) is 0 Å². The van der Waals surface area contributed by atoms with Crippen LogP contribution in [-0.4, -0.2) is 29.7 Å². The van der Waals surface area contributed by atoms with Crippen LogP contribution in [0.1, 0.15) is 382 Å². The first-order chi connectivity index (χ1) is 31.5. The molecule has 0 aromatic heterocycles. The Morgan fingerprint density at radius 1 is 0.234 bits per heavy atom. The maximum atomic E-state index is 2.95. The molecule has 0 aromatic carbocycles. The van der Waals surface area contributed by atoms with E-state index in [9.17, 15) is 0 Å². The maximum Gasteiger partial charge on any atom is 0.0992 e. The second-order valence-corrected chi connectivity index (χ2v) is 22.5. The minimum Gasteiger partial charge on any atom is -0.319 e. The van der Waals surface area contributed by atoms with E-state index in [1.807, 2.05) is 0 Å². The van der Waals surface area contributed by atoms with E-state index < -0.39 is 0 Å². The van der Waals surface area contributed by atoms with Gasteiger partial charge in [0.2, 0.25) is 0 Å². The van der Waals surface area contributed by atoms with Crippen LogP contribution in [-0.2, 0) is 0 Å². The van der Waals surface area contributed by atoms with Gasteiger partial charge in [-0.05, 0) is 57.8 Å². The predicted molar refractivity (Wildman–Crippen MR) is 296 cm³/mol. The van der Waals surface area contributed by atoms with Crippen molar-refractivity contribution in [3.8, 4) is 0 Å². The fourth-order valence-corrected chi connectivity index (χ4v) is 12.0. The van der Waals surface area contributed by atoms with Crippen LogP contribution in [0.25, 0.3) is 0 Å². The lowest BCUT2D eigenvalue weighted by Crippen LogP contribution is -2.67. The van der Waals surface area contributed by atoms with E-state index in [0.29, 0.717) is 5.54 Å². The van der Waals surface area contributed by atoms with Gasteiger partial charge in [-0.1, -0.05) is 305 Å². The largest absolute Gasteiger partial charge is 0.319 e. The van der Waals surface area contributed by atoms with Gasteiger partial charge in [-0.25, -0.2) is 0 Å². The first-order valence-corrected chi connectivity index (χ1v) is 31.4. The third kappa shape index (κ3) is 36.9. The highest BCUT2D eigenvalue weighted by atomic mass is 15.4. The minimum atomic E-state index is 0.471. The average Bonchev–Trinajstić information content (AvgIpc) is 3.30. The molecule has 0 saturated carbocycles. The quantitative estimate of drug-likeness (QED) is 0.0421. The molecule has 0 heterocycles. The van der Waals surface area contributed by atoms with Gasteiger partial charge in [-0.2, -0.15) is 0 Å². The molecular weight excluding hydrogens is 771 g/mol. The lowest BCUT2D eigenvalue weighted by atomic mass is 9.75. The number of quaternary nitrogens is 1.